The van der Waals surface area contributed by atoms with E-state index in [0.29, 0.717) is 24.1 Å². The van der Waals surface area contributed by atoms with Crippen LogP contribution in [0.4, 0.5) is 0 Å². The number of aliphatic hydroxyl groups is 1. The summed E-state index contributed by atoms with van der Waals surface area (Å²) in [5, 5.41) is 18.2. The van der Waals surface area contributed by atoms with E-state index in [1.807, 2.05) is 25.3 Å². The highest BCUT2D eigenvalue weighted by Gasteiger charge is 2.08. The quantitative estimate of drug-likeness (QED) is 0.520. The molecule has 0 aliphatic rings. The number of aliphatic imine (C=N–C) groups is 1. The molecule has 2 rings (SSSR count). The molecule has 0 aliphatic heterocycles. The van der Waals surface area contributed by atoms with Crippen LogP contribution in [0.1, 0.15) is 35.4 Å². The summed E-state index contributed by atoms with van der Waals surface area (Å²) in [6.45, 7) is 5.76. The van der Waals surface area contributed by atoms with Gasteiger partial charge in [-0.3, -0.25) is 0 Å². The first-order valence-electron chi connectivity index (χ1n) is 8.01. The van der Waals surface area contributed by atoms with E-state index in [4.69, 9.17) is 11.6 Å². The van der Waals surface area contributed by atoms with Crippen molar-refractivity contribution in [3.8, 4) is 0 Å². The normalized spacial score (nSPS) is 12.9. The van der Waals surface area contributed by atoms with Crippen LogP contribution in [0.5, 0.6) is 0 Å². The van der Waals surface area contributed by atoms with Gasteiger partial charge in [0.15, 0.2) is 5.96 Å². The number of hydrogen-bond donors (Lipinski definition) is 3. The van der Waals surface area contributed by atoms with Gasteiger partial charge in [-0.25, -0.2) is 9.98 Å². The van der Waals surface area contributed by atoms with Crippen molar-refractivity contribution in [2.45, 2.75) is 32.9 Å². The molecule has 3 N–H and O–H groups in total. The summed E-state index contributed by atoms with van der Waals surface area (Å²) in [5.41, 5.74) is 0.815. The lowest BCUT2D eigenvalue weighted by atomic mass is 10.1. The van der Waals surface area contributed by atoms with E-state index in [9.17, 15) is 5.11 Å². The summed E-state index contributed by atoms with van der Waals surface area (Å²) < 4.78 is 0. The Bertz CT molecular complexity index is 657. The Hall–Kier alpha value is -1.63. The van der Waals surface area contributed by atoms with E-state index in [0.717, 1.165) is 23.5 Å². The molecular weight excluding hydrogens is 344 g/mol. The van der Waals surface area contributed by atoms with Crippen molar-refractivity contribution in [3.05, 3.63) is 50.9 Å². The third kappa shape index (κ3) is 5.78. The topological polar surface area (TPSA) is 69.5 Å². The molecule has 0 saturated carbocycles. The molecule has 130 valence electrons. The third-order valence-electron chi connectivity index (χ3n) is 3.38. The highest BCUT2D eigenvalue weighted by atomic mass is 35.5. The minimum Gasteiger partial charge on any atom is -0.387 e. The second-order valence-electron chi connectivity index (χ2n) is 5.22. The van der Waals surface area contributed by atoms with E-state index >= 15 is 0 Å². The summed E-state index contributed by atoms with van der Waals surface area (Å²) in [7, 11) is 0. The van der Waals surface area contributed by atoms with Gasteiger partial charge in [0.2, 0.25) is 0 Å². The Balaban J connectivity index is 1.92. The zero-order chi connectivity index (χ0) is 17.4. The van der Waals surface area contributed by atoms with Gasteiger partial charge in [0.05, 0.1) is 12.6 Å². The van der Waals surface area contributed by atoms with Crippen LogP contribution in [0.15, 0.2) is 35.5 Å². The number of benzene rings is 1. The van der Waals surface area contributed by atoms with Crippen LogP contribution >= 0.6 is 22.9 Å². The zero-order valence-electron chi connectivity index (χ0n) is 13.9. The summed E-state index contributed by atoms with van der Waals surface area (Å²) in [5.74, 6) is 0.666. The number of aromatic nitrogens is 1. The number of rotatable bonds is 7. The first kappa shape index (κ1) is 18.7. The van der Waals surface area contributed by atoms with Crippen LogP contribution in [0.25, 0.3) is 0 Å². The smallest absolute Gasteiger partial charge is 0.191 e. The molecule has 5 nitrogen and oxygen atoms in total. The zero-order valence-corrected chi connectivity index (χ0v) is 15.5. The monoisotopic (exact) mass is 366 g/mol. The van der Waals surface area contributed by atoms with Gasteiger partial charge in [-0.05, 0) is 31.0 Å². The molecule has 24 heavy (non-hydrogen) atoms. The van der Waals surface area contributed by atoms with Crippen LogP contribution in [0.2, 0.25) is 5.02 Å². The molecule has 1 heterocycles. The maximum atomic E-state index is 10.3. The largest absolute Gasteiger partial charge is 0.387 e. The number of guanidine groups is 1. The SMILES string of the molecule is CCNC(=NCc1ncc(CC)s1)NCC(O)c1ccc(Cl)cc1. The fourth-order valence-corrected chi connectivity index (χ4v) is 2.98. The van der Waals surface area contributed by atoms with E-state index in [-0.39, 0.29) is 0 Å². The van der Waals surface area contributed by atoms with Crippen LogP contribution in [0.3, 0.4) is 0 Å². The highest BCUT2D eigenvalue weighted by molar-refractivity contribution is 7.11. The number of nitrogens with one attached hydrogen (secondary N) is 2. The van der Waals surface area contributed by atoms with Crippen molar-refractivity contribution in [2.24, 2.45) is 4.99 Å². The van der Waals surface area contributed by atoms with Crippen molar-refractivity contribution >= 4 is 28.9 Å². The summed E-state index contributed by atoms with van der Waals surface area (Å²) >= 11 is 7.55. The summed E-state index contributed by atoms with van der Waals surface area (Å²) in [6.07, 6.45) is 2.27. The lowest BCUT2D eigenvalue weighted by Crippen LogP contribution is -2.39. The molecule has 0 aliphatic carbocycles. The maximum absolute atomic E-state index is 10.3. The molecular formula is C17H23ClN4OS. The van der Waals surface area contributed by atoms with Gasteiger partial charge in [-0.2, -0.15) is 0 Å². The van der Waals surface area contributed by atoms with Crippen molar-refractivity contribution in [1.82, 2.24) is 15.6 Å². The van der Waals surface area contributed by atoms with Crippen LogP contribution < -0.4 is 10.6 Å². The molecule has 0 fully saturated rings. The average molecular weight is 367 g/mol. The van der Waals surface area contributed by atoms with Crippen molar-refractivity contribution < 1.29 is 5.11 Å². The Labute approximate surface area is 151 Å². The van der Waals surface area contributed by atoms with Crippen molar-refractivity contribution in [3.63, 3.8) is 0 Å². The molecule has 1 unspecified atom stereocenters. The number of hydrogen-bond acceptors (Lipinski definition) is 4. The minimum absolute atomic E-state index is 0.367. The molecule has 1 aromatic heterocycles. The van der Waals surface area contributed by atoms with E-state index in [1.165, 1.54) is 4.88 Å². The molecule has 0 amide bonds. The van der Waals surface area contributed by atoms with Gasteiger partial charge in [-0.1, -0.05) is 30.7 Å². The van der Waals surface area contributed by atoms with Gasteiger partial charge in [-0.15, -0.1) is 11.3 Å². The van der Waals surface area contributed by atoms with Crippen LogP contribution in [-0.2, 0) is 13.0 Å². The number of nitrogens with zero attached hydrogens (tertiary/aromatic N) is 2. The van der Waals surface area contributed by atoms with E-state index in [1.54, 1.807) is 23.5 Å². The molecule has 0 radical (unpaired) electrons. The predicted molar refractivity (Wildman–Crippen MR) is 101 cm³/mol. The van der Waals surface area contributed by atoms with E-state index in [2.05, 4.69) is 27.5 Å². The number of aryl methyl sites for hydroxylation is 1. The van der Waals surface area contributed by atoms with Gasteiger partial charge in [0.1, 0.15) is 5.01 Å². The van der Waals surface area contributed by atoms with Gasteiger partial charge >= 0.3 is 0 Å². The second kappa shape index (κ2) is 9.61. The Kier molecular flexibility index (Phi) is 7.49. The first-order chi connectivity index (χ1) is 11.6. The van der Waals surface area contributed by atoms with Crippen molar-refractivity contribution in [2.75, 3.05) is 13.1 Å². The standard InChI is InChI=1S/C17H23ClN4OS/c1-3-14-9-20-16(24-14)11-22-17(19-4-2)21-10-15(23)12-5-7-13(18)8-6-12/h5-9,15,23H,3-4,10-11H2,1-2H3,(H2,19,21,22). The fourth-order valence-electron chi connectivity index (χ4n) is 2.07. The molecule has 0 bridgehead atoms. The molecule has 0 spiro atoms. The Morgan fingerprint density at radius 1 is 1.29 bits per heavy atom. The van der Waals surface area contributed by atoms with E-state index < -0.39 is 6.10 Å². The van der Waals surface area contributed by atoms with Gasteiger partial charge < -0.3 is 15.7 Å². The molecule has 1 aromatic carbocycles. The van der Waals surface area contributed by atoms with Crippen LogP contribution in [-0.4, -0.2) is 29.1 Å². The lowest BCUT2D eigenvalue weighted by molar-refractivity contribution is 0.181. The minimum atomic E-state index is -0.627. The first-order valence-corrected chi connectivity index (χ1v) is 9.21. The van der Waals surface area contributed by atoms with Crippen LogP contribution in [0, 0.1) is 0 Å². The fraction of sp³-hybridized carbons (Fsp3) is 0.412. The number of halogens is 1. The average Bonchev–Trinajstić information content (AvgIpc) is 3.06. The maximum Gasteiger partial charge on any atom is 0.191 e. The Morgan fingerprint density at radius 3 is 2.67 bits per heavy atom. The number of thiazole rings is 1. The lowest BCUT2D eigenvalue weighted by Gasteiger charge is -2.15. The van der Waals surface area contributed by atoms with Gasteiger partial charge in [0.25, 0.3) is 0 Å². The molecule has 0 saturated heterocycles. The number of aliphatic hydroxyl groups excluding tert-OH is 1. The second-order valence-corrected chi connectivity index (χ2v) is 6.85. The molecule has 2 aromatic rings. The van der Waals surface area contributed by atoms with Gasteiger partial charge in [0, 0.05) is 29.2 Å². The molecule has 7 heteroatoms. The van der Waals surface area contributed by atoms with Crippen molar-refractivity contribution in [1.29, 1.82) is 0 Å². The Morgan fingerprint density at radius 2 is 2.04 bits per heavy atom. The summed E-state index contributed by atoms with van der Waals surface area (Å²) in [6, 6.07) is 7.18. The summed E-state index contributed by atoms with van der Waals surface area (Å²) in [4.78, 5) is 10.1. The predicted octanol–water partition coefficient (Wildman–Crippen LogP) is 3.15. The third-order valence-corrected chi connectivity index (χ3v) is 4.76. The highest BCUT2D eigenvalue weighted by Crippen LogP contribution is 2.16. The molecule has 1 atom stereocenters.